The van der Waals surface area contributed by atoms with E-state index in [2.05, 4.69) is 56.9 Å². The van der Waals surface area contributed by atoms with Crippen molar-refractivity contribution in [1.29, 1.82) is 0 Å². The maximum Gasteiger partial charge on any atom is 0.253 e. The van der Waals surface area contributed by atoms with Crippen LogP contribution in [-0.4, -0.2) is 69.7 Å². The van der Waals surface area contributed by atoms with Crippen LogP contribution in [0.2, 0.25) is 0 Å². The summed E-state index contributed by atoms with van der Waals surface area (Å²) in [7, 11) is 7.46. The van der Waals surface area contributed by atoms with Gasteiger partial charge in [-0.1, -0.05) is 19.9 Å². The molecule has 39 heavy (non-hydrogen) atoms. The number of anilines is 1. The average Bonchev–Trinajstić information content (AvgIpc) is 3.25. The minimum atomic E-state index is 0.0584. The fourth-order valence-corrected chi connectivity index (χ4v) is 4.52. The zero-order valence-corrected chi connectivity index (χ0v) is 24.7. The molecule has 0 saturated heterocycles. The van der Waals surface area contributed by atoms with Crippen LogP contribution in [0.3, 0.4) is 0 Å². The second-order valence-corrected chi connectivity index (χ2v) is 10.1. The quantitative estimate of drug-likeness (QED) is 0.300. The first-order valence-electron chi connectivity index (χ1n) is 13.7. The molecule has 3 heterocycles. The van der Waals surface area contributed by atoms with E-state index < -0.39 is 0 Å². The van der Waals surface area contributed by atoms with Crippen molar-refractivity contribution in [3.05, 3.63) is 71.0 Å². The minimum Gasteiger partial charge on any atom is -0.372 e. The molecule has 8 nitrogen and oxygen atoms in total. The van der Waals surface area contributed by atoms with E-state index >= 15 is 0 Å². The number of benzene rings is 1. The van der Waals surface area contributed by atoms with E-state index in [-0.39, 0.29) is 5.91 Å². The molecular weight excluding hydrogens is 486 g/mol. The van der Waals surface area contributed by atoms with E-state index in [0.717, 1.165) is 58.9 Å². The summed E-state index contributed by atoms with van der Waals surface area (Å²) in [5, 5.41) is 12.7. The van der Waals surface area contributed by atoms with E-state index in [4.69, 9.17) is 0 Å². The van der Waals surface area contributed by atoms with Crippen molar-refractivity contribution in [3.63, 3.8) is 0 Å². The van der Waals surface area contributed by atoms with Gasteiger partial charge in [-0.25, -0.2) is 4.98 Å². The minimum absolute atomic E-state index is 0.0584. The molecule has 0 aliphatic heterocycles. The van der Waals surface area contributed by atoms with Gasteiger partial charge in [-0.2, -0.15) is 0 Å². The summed E-state index contributed by atoms with van der Waals surface area (Å²) in [4.78, 5) is 20.2. The lowest BCUT2D eigenvalue weighted by Gasteiger charge is -2.21. The van der Waals surface area contributed by atoms with Gasteiger partial charge in [0.15, 0.2) is 0 Å². The lowest BCUT2D eigenvalue weighted by Crippen LogP contribution is -2.25. The molecule has 0 aliphatic rings. The molecule has 0 unspecified atom stereocenters. The summed E-state index contributed by atoms with van der Waals surface area (Å²) in [5.74, 6) is 0.825. The number of hydrogen-bond acceptors (Lipinski definition) is 6. The van der Waals surface area contributed by atoms with Crippen LogP contribution >= 0.6 is 0 Å². The van der Waals surface area contributed by atoms with Crippen molar-refractivity contribution in [2.75, 3.05) is 39.5 Å². The van der Waals surface area contributed by atoms with Gasteiger partial charge in [-0.05, 0) is 87.3 Å². The Morgan fingerprint density at radius 3 is 2.23 bits per heavy atom. The van der Waals surface area contributed by atoms with Gasteiger partial charge in [0.1, 0.15) is 11.5 Å². The molecule has 0 atom stereocenters. The van der Waals surface area contributed by atoms with Crippen molar-refractivity contribution in [2.24, 2.45) is 7.05 Å². The lowest BCUT2D eigenvalue weighted by atomic mass is 10.1. The van der Waals surface area contributed by atoms with Crippen LogP contribution in [0, 0.1) is 13.8 Å². The second-order valence-electron chi connectivity index (χ2n) is 10.1. The van der Waals surface area contributed by atoms with E-state index in [1.54, 1.807) is 19.0 Å². The highest BCUT2D eigenvalue weighted by molar-refractivity contribution is 5.94. The van der Waals surface area contributed by atoms with Crippen molar-refractivity contribution >= 4 is 22.8 Å². The summed E-state index contributed by atoms with van der Waals surface area (Å²) < 4.78 is 2.20. The maximum atomic E-state index is 11.5. The number of carbonyl (C=O) groups is 1. The Labute approximate surface area is 233 Å². The predicted molar refractivity (Wildman–Crippen MR) is 161 cm³/mol. The summed E-state index contributed by atoms with van der Waals surface area (Å²) in [5.41, 5.74) is 7.35. The standard InChI is InChI=1S/C20H28N6.C11H15NO/c1-5-11-26(12-6-2)14-15-13-17-16(9-10-22-20(17)25(15)4)18-7-8-19(21-3)24-23-18;1-8-5-6-10(7-9(8)2)11(13)12(3)4/h7-10,13H,5-6,11-12,14H2,1-4H3,(H,21,24);5-7H,1-4H3. The van der Waals surface area contributed by atoms with Gasteiger partial charge in [0, 0.05) is 63.1 Å². The molecule has 4 aromatic rings. The van der Waals surface area contributed by atoms with Crippen LogP contribution in [0.1, 0.15) is 53.9 Å². The summed E-state index contributed by atoms with van der Waals surface area (Å²) in [6.07, 6.45) is 4.19. The number of pyridine rings is 1. The molecule has 0 bridgehead atoms. The first-order chi connectivity index (χ1) is 18.7. The topological polar surface area (TPSA) is 79.2 Å². The van der Waals surface area contributed by atoms with Gasteiger partial charge in [-0.3, -0.25) is 9.69 Å². The normalized spacial score (nSPS) is 10.9. The van der Waals surface area contributed by atoms with Gasteiger partial charge >= 0.3 is 0 Å². The number of nitrogens with one attached hydrogen (secondary N) is 1. The molecule has 3 aromatic heterocycles. The number of carbonyl (C=O) groups excluding carboxylic acids is 1. The van der Waals surface area contributed by atoms with E-state index in [1.165, 1.54) is 24.1 Å². The number of rotatable bonds is 9. The third kappa shape index (κ3) is 7.41. The van der Waals surface area contributed by atoms with Crippen LogP contribution < -0.4 is 5.32 Å². The monoisotopic (exact) mass is 529 g/mol. The Morgan fingerprint density at radius 1 is 0.949 bits per heavy atom. The Bertz CT molecular complexity index is 1370. The van der Waals surface area contributed by atoms with E-state index in [1.807, 2.05) is 63.5 Å². The zero-order chi connectivity index (χ0) is 28.5. The first kappa shape index (κ1) is 29.8. The fourth-order valence-electron chi connectivity index (χ4n) is 4.52. The van der Waals surface area contributed by atoms with Crippen LogP contribution in [-0.2, 0) is 13.6 Å². The molecule has 0 radical (unpaired) electrons. The smallest absolute Gasteiger partial charge is 0.253 e. The fraction of sp³-hybridized carbons (Fsp3) is 0.419. The highest BCUT2D eigenvalue weighted by Crippen LogP contribution is 2.28. The van der Waals surface area contributed by atoms with Gasteiger partial charge in [0.25, 0.3) is 5.91 Å². The SMILES string of the molecule is CCCN(CCC)Cc1cc2c(-c3ccc(NC)nn3)ccnc2n1C.Cc1ccc(C(=O)N(C)C)cc1C. The van der Waals surface area contributed by atoms with Crippen molar-refractivity contribution in [2.45, 2.75) is 47.1 Å². The van der Waals surface area contributed by atoms with Crippen molar-refractivity contribution in [3.8, 4) is 11.3 Å². The van der Waals surface area contributed by atoms with E-state index in [9.17, 15) is 4.79 Å². The van der Waals surface area contributed by atoms with Crippen LogP contribution in [0.4, 0.5) is 5.82 Å². The van der Waals surface area contributed by atoms with Gasteiger partial charge in [-0.15, -0.1) is 10.2 Å². The molecule has 1 N–H and O–H groups in total. The third-order valence-corrected chi connectivity index (χ3v) is 6.85. The zero-order valence-electron chi connectivity index (χ0n) is 24.7. The third-order valence-electron chi connectivity index (χ3n) is 6.85. The highest BCUT2D eigenvalue weighted by Gasteiger charge is 2.15. The first-order valence-corrected chi connectivity index (χ1v) is 13.7. The number of aryl methyl sites for hydroxylation is 3. The second kappa shape index (κ2) is 13.8. The molecule has 1 aromatic carbocycles. The molecule has 0 aliphatic carbocycles. The number of nitrogens with zero attached hydrogens (tertiary/aromatic N) is 6. The van der Waals surface area contributed by atoms with Gasteiger partial charge in [0.05, 0.1) is 5.69 Å². The molecule has 1 amide bonds. The Hall–Kier alpha value is -3.78. The highest BCUT2D eigenvalue weighted by atomic mass is 16.2. The van der Waals surface area contributed by atoms with Crippen LogP contribution in [0.25, 0.3) is 22.3 Å². The number of hydrogen-bond donors (Lipinski definition) is 1. The maximum absolute atomic E-state index is 11.5. The Morgan fingerprint density at radius 2 is 1.67 bits per heavy atom. The van der Waals surface area contributed by atoms with E-state index in [0.29, 0.717) is 0 Å². The predicted octanol–water partition coefficient (Wildman–Crippen LogP) is 5.70. The van der Waals surface area contributed by atoms with Crippen LogP contribution in [0.5, 0.6) is 0 Å². The summed E-state index contributed by atoms with van der Waals surface area (Å²) in [6, 6.07) is 14.0. The van der Waals surface area contributed by atoms with Crippen LogP contribution in [0.15, 0.2) is 48.7 Å². The lowest BCUT2D eigenvalue weighted by molar-refractivity contribution is 0.0827. The molecule has 8 heteroatoms. The largest absolute Gasteiger partial charge is 0.372 e. The summed E-state index contributed by atoms with van der Waals surface area (Å²) >= 11 is 0. The Balaban J connectivity index is 0.000000272. The molecular formula is C31H43N7O. The van der Waals surface area contributed by atoms with Crippen molar-refractivity contribution < 1.29 is 4.79 Å². The molecule has 0 saturated carbocycles. The molecule has 0 fully saturated rings. The summed E-state index contributed by atoms with van der Waals surface area (Å²) in [6.45, 7) is 11.7. The average molecular weight is 530 g/mol. The number of amides is 1. The van der Waals surface area contributed by atoms with Crippen molar-refractivity contribution in [1.82, 2.24) is 29.5 Å². The molecule has 208 valence electrons. The molecule has 0 spiro atoms. The number of fused-ring (bicyclic) bond motifs is 1. The van der Waals surface area contributed by atoms with Gasteiger partial charge < -0.3 is 14.8 Å². The molecule has 4 rings (SSSR count). The van der Waals surface area contributed by atoms with Gasteiger partial charge in [0.2, 0.25) is 0 Å². The Kier molecular flexibility index (Phi) is 10.6. The number of aromatic nitrogens is 4.